The van der Waals surface area contributed by atoms with E-state index in [1.54, 1.807) is 17.8 Å². The predicted octanol–water partition coefficient (Wildman–Crippen LogP) is 2.24. The molecule has 0 unspecified atom stereocenters. The van der Waals surface area contributed by atoms with E-state index in [2.05, 4.69) is 20.4 Å². The number of hydrogen-bond donors (Lipinski definition) is 1. The lowest BCUT2D eigenvalue weighted by molar-refractivity contribution is 0.606. The number of aryl methyl sites for hydroxylation is 2. The van der Waals surface area contributed by atoms with E-state index in [1.165, 1.54) is 0 Å². The van der Waals surface area contributed by atoms with Gasteiger partial charge in [0.1, 0.15) is 0 Å². The predicted molar refractivity (Wildman–Crippen MR) is 67.8 cm³/mol. The zero-order valence-electron chi connectivity index (χ0n) is 10.7. The topological polar surface area (TPSA) is 55.6 Å². The molecule has 0 bridgehead atoms. The summed E-state index contributed by atoms with van der Waals surface area (Å²) in [6.45, 7) is 6.91. The first-order chi connectivity index (χ1) is 8.65. The Morgan fingerprint density at radius 1 is 1.33 bits per heavy atom. The van der Waals surface area contributed by atoms with Gasteiger partial charge in [-0.05, 0) is 20.8 Å². The molecule has 18 heavy (non-hydrogen) atoms. The Bertz CT molecular complexity index is 549. The van der Waals surface area contributed by atoms with E-state index < -0.39 is 5.82 Å². The van der Waals surface area contributed by atoms with Gasteiger partial charge in [-0.2, -0.15) is 5.10 Å². The summed E-state index contributed by atoms with van der Waals surface area (Å²) in [7, 11) is 0. The smallest absolute Gasteiger partial charge is 0.186 e. The normalized spacial score (nSPS) is 10.7. The number of nitrogens with zero attached hydrogens (tertiary/aromatic N) is 4. The Labute approximate surface area is 105 Å². The van der Waals surface area contributed by atoms with E-state index in [0.29, 0.717) is 18.1 Å². The highest BCUT2D eigenvalue weighted by Gasteiger charge is 2.13. The Balaban J connectivity index is 2.44. The molecule has 5 nitrogen and oxygen atoms in total. The summed E-state index contributed by atoms with van der Waals surface area (Å²) in [6, 6.07) is 0. The van der Waals surface area contributed by atoms with Crippen molar-refractivity contribution in [2.75, 3.05) is 11.9 Å². The van der Waals surface area contributed by atoms with Gasteiger partial charge in [0, 0.05) is 19.3 Å². The molecule has 6 heteroatoms. The SMILES string of the molecule is CCNc1nc(-c2cnn(CC)c2)nc(C)c1F. The van der Waals surface area contributed by atoms with Crippen LogP contribution in [0.25, 0.3) is 11.4 Å². The van der Waals surface area contributed by atoms with Crippen LogP contribution in [0.4, 0.5) is 10.2 Å². The van der Waals surface area contributed by atoms with Crippen LogP contribution in [0.2, 0.25) is 0 Å². The molecule has 0 radical (unpaired) electrons. The van der Waals surface area contributed by atoms with Crippen molar-refractivity contribution in [3.05, 3.63) is 23.9 Å². The summed E-state index contributed by atoms with van der Waals surface area (Å²) >= 11 is 0. The third-order valence-corrected chi connectivity index (χ3v) is 2.58. The molecule has 0 saturated carbocycles. The van der Waals surface area contributed by atoms with E-state index in [0.717, 1.165) is 12.1 Å². The fraction of sp³-hybridized carbons (Fsp3) is 0.417. The lowest BCUT2D eigenvalue weighted by atomic mass is 10.3. The third kappa shape index (κ3) is 2.32. The second-order valence-corrected chi connectivity index (χ2v) is 3.91. The fourth-order valence-corrected chi connectivity index (χ4v) is 1.62. The van der Waals surface area contributed by atoms with Gasteiger partial charge in [-0.15, -0.1) is 0 Å². The van der Waals surface area contributed by atoms with Crippen LogP contribution in [-0.2, 0) is 6.54 Å². The van der Waals surface area contributed by atoms with Crippen LogP contribution in [0, 0.1) is 12.7 Å². The van der Waals surface area contributed by atoms with Gasteiger partial charge in [0.05, 0.1) is 17.5 Å². The standard InChI is InChI=1S/C12H16FN5/c1-4-14-12-10(13)8(3)16-11(17-12)9-6-15-18(5-2)7-9/h6-7H,4-5H2,1-3H3,(H,14,16,17). The average Bonchev–Trinajstić information content (AvgIpc) is 2.83. The first-order valence-corrected chi connectivity index (χ1v) is 5.96. The van der Waals surface area contributed by atoms with Crippen LogP contribution < -0.4 is 5.32 Å². The molecular weight excluding hydrogens is 233 g/mol. The Morgan fingerprint density at radius 2 is 2.11 bits per heavy atom. The molecule has 2 rings (SSSR count). The summed E-state index contributed by atoms with van der Waals surface area (Å²) in [5.74, 6) is 0.331. The number of hydrogen-bond acceptors (Lipinski definition) is 4. The molecule has 0 fully saturated rings. The molecule has 1 N–H and O–H groups in total. The molecule has 96 valence electrons. The monoisotopic (exact) mass is 249 g/mol. The van der Waals surface area contributed by atoms with Crippen LogP contribution in [-0.4, -0.2) is 26.3 Å². The van der Waals surface area contributed by atoms with Crippen molar-refractivity contribution in [1.82, 2.24) is 19.7 Å². The molecule has 0 amide bonds. The van der Waals surface area contributed by atoms with E-state index in [9.17, 15) is 4.39 Å². The maximum absolute atomic E-state index is 13.7. The second-order valence-electron chi connectivity index (χ2n) is 3.91. The van der Waals surface area contributed by atoms with Gasteiger partial charge in [-0.1, -0.05) is 0 Å². The van der Waals surface area contributed by atoms with Gasteiger partial charge in [0.2, 0.25) is 0 Å². The van der Waals surface area contributed by atoms with Gasteiger partial charge >= 0.3 is 0 Å². The van der Waals surface area contributed by atoms with Crippen molar-refractivity contribution in [1.29, 1.82) is 0 Å². The minimum atomic E-state index is -0.400. The fourth-order valence-electron chi connectivity index (χ4n) is 1.62. The van der Waals surface area contributed by atoms with Gasteiger partial charge in [0.15, 0.2) is 17.5 Å². The minimum absolute atomic E-state index is 0.240. The minimum Gasteiger partial charge on any atom is -0.368 e. The highest BCUT2D eigenvalue weighted by Crippen LogP contribution is 2.20. The van der Waals surface area contributed by atoms with Crippen LogP contribution in [0.1, 0.15) is 19.5 Å². The zero-order chi connectivity index (χ0) is 13.1. The molecule has 0 aromatic carbocycles. The highest BCUT2D eigenvalue weighted by molar-refractivity contribution is 5.56. The number of anilines is 1. The summed E-state index contributed by atoms with van der Waals surface area (Å²) in [5.41, 5.74) is 1.12. The summed E-state index contributed by atoms with van der Waals surface area (Å²) in [5, 5.41) is 7.06. The maximum atomic E-state index is 13.7. The van der Waals surface area contributed by atoms with Gasteiger partial charge < -0.3 is 5.32 Å². The quantitative estimate of drug-likeness (QED) is 0.902. The van der Waals surface area contributed by atoms with Crippen molar-refractivity contribution in [2.45, 2.75) is 27.3 Å². The molecule has 2 aromatic rings. The van der Waals surface area contributed by atoms with Crippen LogP contribution >= 0.6 is 0 Å². The van der Waals surface area contributed by atoms with Crippen LogP contribution in [0.15, 0.2) is 12.4 Å². The number of nitrogens with one attached hydrogen (secondary N) is 1. The Kier molecular flexibility index (Phi) is 3.55. The molecule has 0 aliphatic rings. The van der Waals surface area contributed by atoms with Gasteiger partial charge in [-0.25, -0.2) is 14.4 Å². The third-order valence-electron chi connectivity index (χ3n) is 2.58. The lowest BCUT2D eigenvalue weighted by Gasteiger charge is -2.07. The van der Waals surface area contributed by atoms with Gasteiger partial charge in [0.25, 0.3) is 0 Å². The lowest BCUT2D eigenvalue weighted by Crippen LogP contribution is -2.06. The van der Waals surface area contributed by atoms with Crippen molar-refractivity contribution >= 4 is 5.82 Å². The molecule has 0 spiro atoms. The Hall–Kier alpha value is -1.98. The molecular formula is C12H16FN5. The van der Waals surface area contributed by atoms with Crippen LogP contribution in [0.5, 0.6) is 0 Å². The molecule has 2 aromatic heterocycles. The average molecular weight is 249 g/mol. The van der Waals surface area contributed by atoms with E-state index in [4.69, 9.17) is 0 Å². The number of halogens is 1. The van der Waals surface area contributed by atoms with Gasteiger partial charge in [-0.3, -0.25) is 4.68 Å². The molecule has 2 heterocycles. The molecule has 0 aliphatic carbocycles. The molecule has 0 saturated heterocycles. The maximum Gasteiger partial charge on any atom is 0.186 e. The summed E-state index contributed by atoms with van der Waals surface area (Å²) in [6.07, 6.45) is 3.54. The molecule has 0 atom stereocenters. The van der Waals surface area contributed by atoms with Crippen LogP contribution in [0.3, 0.4) is 0 Å². The first kappa shape index (κ1) is 12.5. The first-order valence-electron chi connectivity index (χ1n) is 5.96. The summed E-state index contributed by atoms with van der Waals surface area (Å²) < 4.78 is 15.5. The van der Waals surface area contributed by atoms with Crippen molar-refractivity contribution in [3.63, 3.8) is 0 Å². The second kappa shape index (κ2) is 5.12. The molecule has 0 aliphatic heterocycles. The van der Waals surface area contributed by atoms with E-state index >= 15 is 0 Å². The van der Waals surface area contributed by atoms with Crippen molar-refractivity contribution in [3.8, 4) is 11.4 Å². The zero-order valence-corrected chi connectivity index (χ0v) is 10.7. The Morgan fingerprint density at radius 3 is 2.72 bits per heavy atom. The van der Waals surface area contributed by atoms with Crippen molar-refractivity contribution in [2.24, 2.45) is 0 Å². The number of rotatable bonds is 4. The van der Waals surface area contributed by atoms with E-state index in [1.807, 2.05) is 20.0 Å². The van der Waals surface area contributed by atoms with E-state index in [-0.39, 0.29) is 5.82 Å². The highest BCUT2D eigenvalue weighted by atomic mass is 19.1. The summed E-state index contributed by atoms with van der Waals surface area (Å²) in [4.78, 5) is 8.34. The van der Waals surface area contributed by atoms with Crippen molar-refractivity contribution < 1.29 is 4.39 Å². The number of aromatic nitrogens is 4. The largest absolute Gasteiger partial charge is 0.368 e.